The van der Waals surface area contributed by atoms with Gasteiger partial charge in [0, 0.05) is 24.9 Å². The number of hydrogen-bond donors (Lipinski definition) is 3. The standard InChI is InChI=1S/C48H38Cl2N4O6/c49-39-19-10-31(20-40(39)50)28-59-38-17-15-34(16-18-38)45-26-52-41-22-36-23-43(54(27-37(36)24-44(41)60-45)47(56)35-4-2-1-3-5-35)46(55)53-42(48(57)58)21-29-6-11-32(12-7-29)33-13-8-30(25-51)9-14-33/h1-20,22,24,42-43,45,52H,21,23,26-28H2,(H,53,55)(H,57,58). The van der Waals surface area contributed by atoms with Crippen LogP contribution in [0.4, 0.5) is 5.69 Å². The van der Waals surface area contributed by atoms with Crippen LogP contribution in [0.1, 0.15) is 49.8 Å². The highest BCUT2D eigenvalue weighted by Crippen LogP contribution is 2.39. The molecule has 0 saturated carbocycles. The summed E-state index contributed by atoms with van der Waals surface area (Å²) in [7, 11) is 0. The Morgan fingerprint density at radius 2 is 1.55 bits per heavy atom. The summed E-state index contributed by atoms with van der Waals surface area (Å²) in [4.78, 5) is 42.3. The first kappa shape index (κ1) is 40.0. The van der Waals surface area contributed by atoms with Crippen LogP contribution in [0.25, 0.3) is 11.1 Å². The molecule has 0 aliphatic carbocycles. The van der Waals surface area contributed by atoms with E-state index in [0.717, 1.165) is 39.1 Å². The van der Waals surface area contributed by atoms with Gasteiger partial charge in [-0.3, -0.25) is 9.59 Å². The van der Waals surface area contributed by atoms with Crippen molar-refractivity contribution in [3.63, 3.8) is 0 Å². The molecule has 0 radical (unpaired) electrons. The molecule has 0 saturated heterocycles. The molecular weight excluding hydrogens is 799 g/mol. The molecule has 0 fully saturated rings. The minimum Gasteiger partial charge on any atom is -0.489 e. The third-order valence-electron chi connectivity index (χ3n) is 10.8. The number of halogens is 2. The smallest absolute Gasteiger partial charge is 0.326 e. The van der Waals surface area contributed by atoms with E-state index >= 15 is 0 Å². The fourth-order valence-electron chi connectivity index (χ4n) is 7.48. The molecule has 3 unspecified atom stereocenters. The van der Waals surface area contributed by atoms with Gasteiger partial charge in [0.15, 0.2) is 0 Å². The number of carbonyl (C=O) groups excluding carboxylic acids is 2. The van der Waals surface area contributed by atoms with Gasteiger partial charge in [-0.05, 0) is 99.6 Å². The molecule has 2 aliphatic rings. The van der Waals surface area contributed by atoms with Crippen molar-refractivity contribution in [3.8, 4) is 28.7 Å². The molecule has 2 aliphatic heterocycles. The number of nitriles is 1. The van der Waals surface area contributed by atoms with Gasteiger partial charge in [0.25, 0.3) is 5.91 Å². The van der Waals surface area contributed by atoms with Crippen molar-refractivity contribution in [2.24, 2.45) is 0 Å². The molecule has 0 spiro atoms. The lowest BCUT2D eigenvalue weighted by molar-refractivity contribution is -0.142. The number of nitrogens with zero attached hydrogens (tertiary/aromatic N) is 2. The highest BCUT2D eigenvalue weighted by atomic mass is 35.5. The summed E-state index contributed by atoms with van der Waals surface area (Å²) < 4.78 is 12.5. The Labute approximate surface area is 356 Å². The number of anilines is 1. The zero-order chi connectivity index (χ0) is 41.8. The molecule has 2 amide bonds. The predicted octanol–water partition coefficient (Wildman–Crippen LogP) is 9.04. The third-order valence-corrected chi connectivity index (χ3v) is 11.5. The SMILES string of the molecule is N#Cc1ccc(-c2ccc(CC(NC(=O)C3Cc4cc5c(cc4CN3C(=O)c3ccccc3)OC(c3ccc(OCc4ccc(Cl)c(Cl)c4)cc3)CN5)C(=O)O)cc2)cc1. The van der Waals surface area contributed by atoms with E-state index in [-0.39, 0.29) is 31.4 Å². The monoisotopic (exact) mass is 836 g/mol. The Bertz CT molecular complexity index is 2600. The van der Waals surface area contributed by atoms with Crippen LogP contribution in [0.15, 0.2) is 133 Å². The Balaban J connectivity index is 0.974. The molecule has 3 N–H and O–H groups in total. The fraction of sp³-hybridized carbons (Fsp3) is 0.167. The molecule has 2 heterocycles. The van der Waals surface area contributed by atoms with Crippen LogP contribution in [0.2, 0.25) is 10.0 Å². The molecule has 0 bridgehead atoms. The van der Waals surface area contributed by atoms with Gasteiger partial charge >= 0.3 is 5.97 Å². The zero-order valence-electron chi connectivity index (χ0n) is 32.1. The van der Waals surface area contributed by atoms with E-state index in [1.807, 2.05) is 84.9 Å². The average molecular weight is 838 g/mol. The largest absolute Gasteiger partial charge is 0.489 e. The number of carboxylic acid groups (broad SMARTS) is 1. The number of amides is 2. The summed E-state index contributed by atoms with van der Waals surface area (Å²) >= 11 is 12.2. The van der Waals surface area contributed by atoms with Gasteiger partial charge in [0.05, 0.1) is 33.9 Å². The van der Waals surface area contributed by atoms with Crippen molar-refractivity contribution < 1.29 is 29.0 Å². The van der Waals surface area contributed by atoms with Crippen LogP contribution < -0.4 is 20.1 Å². The average Bonchev–Trinajstić information content (AvgIpc) is 3.28. The molecule has 0 aromatic heterocycles. The van der Waals surface area contributed by atoms with Crippen molar-refractivity contribution in [3.05, 3.63) is 182 Å². The number of carboxylic acids is 1. The topological polar surface area (TPSA) is 141 Å². The Hall–Kier alpha value is -6.80. The lowest BCUT2D eigenvalue weighted by Crippen LogP contribution is -2.56. The van der Waals surface area contributed by atoms with Gasteiger partial charge in [-0.1, -0.05) is 96.0 Å². The maximum Gasteiger partial charge on any atom is 0.326 e. The molecule has 12 heteroatoms. The van der Waals surface area contributed by atoms with E-state index in [1.54, 1.807) is 48.5 Å². The molecule has 8 rings (SSSR count). The molecule has 60 heavy (non-hydrogen) atoms. The van der Waals surface area contributed by atoms with Crippen LogP contribution in [0.5, 0.6) is 11.5 Å². The molecule has 300 valence electrons. The molecular formula is C48H38Cl2N4O6. The van der Waals surface area contributed by atoms with Crippen molar-refractivity contribution >= 4 is 46.7 Å². The first-order chi connectivity index (χ1) is 29.1. The zero-order valence-corrected chi connectivity index (χ0v) is 33.6. The van der Waals surface area contributed by atoms with E-state index in [2.05, 4.69) is 16.7 Å². The minimum absolute atomic E-state index is 0.0368. The number of ether oxygens (including phenoxy) is 2. The molecule has 10 nitrogen and oxygen atoms in total. The number of hydrogen-bond acceptors (Lipinski definition) is 7. The highest BCUT2D eigenvalue weighted by Gasteiger charge is 2.38. The first-order valence-corrected chi connectivity index (χ1v) is 20.1. The number of aliphatic carboxylic acids is 1. The van der Waals surface area contributed by atoms with Crippen LogP contribution >= 0.6 is 23.2 Å². The second-order valence-electron chi connectivity index (χ2n) is 14.7. The lowest BCUT2D eigenvalue weighted by Gasteiger charge is -2.38. The van der Waals surface area contributed by atoms with E-state index in [4.69, 9.17) is 37.9 Å². The van der Waals surface area contributed by atoms with Gasteiger partial charge in [0.2, 0.25) is 5.91 Å². The van der Waals surface area contributed by atoms with E-state index in [9.17, 15) is 19.5 Å². The van der Waals surface area contributed by atoms with Gasteiger partial charge in [-0.15, -0.1) is 0 Å². The van der Waals surface area contributed by atoms with Gasteiger partial charge in [-0.25, -0.2) is 4.79 Å². The summed E-state index contributed by atoms with van der Waals surface area (Å²) in [5.74, 6) is -0.779. The van der Waals surface area contributed by atoms with Gasteiger partial charge in [-0.2, -0.15) is 5.26 Å². The maximum absolute atomic E-state index is 14.2. The summed E-state index contributed by atoms with van der Waals surface area (Å²) in [6.07, 6.45) is -0.0910. The highest BCUT2D eigenvalue weighted by molar-refractivity contribution is 6.42. The van der Waals surface area contributed by atoms with Crippen LogP contribution in [0.3, 0.4) is 0 Å². The predicted molar refractivity (Wildman–Crippen MR) is 229 cm³/mol. The number of carbonyl (C=O) groups is 3. The van der Waals surface area contributed by atoms with E-state index in [0.29, 0.717) is 51.4 Å². The van der Waals surface area contributed by atoms with Gasteiger partial charge in [0.1, 0.15) is 36.3 Å². The number of nitrogens with one attached hydrogen (secondary N) is 2. The fourth-order valence-corrected chi connectivity index (χ4v) is 7.80. The van der Waals surface area contributed by atoms with Crippen molar-refractivity contribution in [2.45, 2.75) is 44.2 Å². The molecule has 6 aromatic carbocycles. The first-order valence-electron chi connectivity index (χ1n) is 19.3. The number of benzene rings is 6. The third kappa shape index (κ3) is 8.93. The Morgan fingerprint density at radius 3 is 2.23 bits per heavy atom. The Kier molecular flexibility index (Phi) is 11.7. The van der Waals surface area contributed by atoms with Gasteiger partial charge < -0.3 is 30.1 Å². The summed E-state index contributed by atoms with van der Waals surface area (Å²) in [6, 6.07) is 40.2. The minimum atomic E-state index is -1.24. The normalized spacial score (nSPS) is 15.8. The quantitative estimate of drug-likeness (QED) is 0.118. The number of fused-ring (bicyclic) bond motifs is 2. The van der Waals surface area contributed by atoms with Crippen LogP contribution in [-0.4, -0.2) is 46.4 Å². The van der Waals surface area contributed by atoms with E-state index < -0.39 is 24.0 Å². The summed E-state index contributed by atoms with van der Waals surface area (Å²) in [5.41, 5.74) is 7.80. The van der Waals surface area contributed by atoms with Crippen LogP contribution in [0, 0.1) is 11.3 Å². The lowest BCUT2D eigenvalue weighted by atomic mass is 9.91. The second kappa shape index (κ2) is 17.6. The van der Waals surface area contributed by atoms with Crippen molar-refractivity contribution in [1.82, 2.24) is 10.2 Å². The second-order valence-corrected chi connectivity index (χ2v) is 15.5. The van der Waals surface area contributed by atoms with Crippen molar-refractivity contribution in [1.29, 1.82) is 5.26 Å². The van der Waals surface area contributed by atoms with E-state index in [1.165, 1.54) is 4.90 Å². The molecule has 6 aromatic rings. The van der Waals surface area contributed by atoms with Crippen LogP contribution in [-0.2, 0) is 35.6 Å². The molecule has 3 atom stereocenters. The summed E-state index contributed by atoms with van der Waals surface area (Å²) in [5, 5.41) is 26.6. The maximum atomic E-state index is 14.2. The number of rotatable bonds is 11. The summed E-state index contributed by atoms with van der Waals surface area (Å²) in [6.45, 7) is 0.939. The van der Waals surface area contributed by atoms with Crippen molar-refractivity contribution in [2.75, 3.05) is 11.9 Å². The Morgan fingerprint density at radius 1 is 0.850 bits per heavy atom.